The molecule has 0 amide bonds. The average molecular weight is 267 g/mol. The summed E-state index contributed by atoms with van der Waals surface area (Å²) in [5.41, 5.74) is 1.14. The number of rotatable bonds is 6. The molecule has 5 heteroatoms. The Kier molecular flexibility index (Phi) is 5.44. The number of hydrogen-bond donors (Lipinski definition) is 3. The third kappa shape index (κ3) is 4.09. The second-order valence-corrected chi connectivity index (χ2v) is 4.60. The van der Waals surface area contributed by atoms with Crippen molar-refractivity contribution in [2.75, 3.05) is 33.0 Å². The first-order chi connectivity index (χ1) is 9.33. The number of aliphatic hydroxyl groups is 2. The van der Waals surface area contributed by atoms with Crippen molar-refractivity contribution in [1.29, 1.82) is 0 Å². The van der Waals surface area contributed by atoms with Gasteiger partial charge >= 0.3 is 0 Å². The Morgan fingerprint density at radius 2 is 1.84 bits per heavy atom. The van der Waals surface area contributed by atoms with E-state index in [2.05, 4.69) is 5.32 Å². The van der Waals surface area contributed by atoms with Crippen LogP contribution in [0.4, 0.5) is 0 Å². The summed E-state index contributed by atoms with van der Waals surface area (Å²) < 4.78 is 11.2. The maximum Gasteiger partial charge on any atom is 0.161 e. The van der Waals surface area contributed by atoms with Gasteiger partial charge in [-0.2, -0.15) is 0 Å². The van der Waals surface area contributed by atoms with E-state index in [1.807, 2.05) is 18.2 Å². The van der Waals surface area contributed by atoms with Crippen molar-refractivity contribution in [1.82, 2.24) is 5.32 Å². The molecule has 0 saturated carbocycles. The summed E-state index contributed by atoms with van der Waals surface area (Å²) in [4.78, 5) is 0. The molecule has 106 valence electrons. The molecule has 1 aromatic rings. The van der Waals surface area contributed by atoms with E-state index < -0.39 is 0 Å². The van der Waals surface area contributed by atoms with Gasteiger partial charge in [-0.1, -0.05) is 6.07 Å². The van der Waals surface area contributed by atoms with Crippen LogP contribution in [0.15, 0.2) is 18.2 Å². The third-order valence-electron chi connectivity index (χ3n) is 3.10. The van der Waals surface area contributed by atoms with Crippen molar-refractivity contribution in [3.8, 4) is 11.5 Å². The highest BCUT2D eigenvalue weighted by atomic mass is 16.5. The molecule has 1 aliphatic heterocycles. The molecule has 1 aliphatic rings. The first-order valence-corrected chi connectivity index (χ1v) is 6.67. The second-order valence-electron chi connectivity index (χ2n) is 4.60. The molecule has 0 bridgehead atoms. The van der Waals surface area contributed by atoms with E-state index in [0.29, 0.717) is 19.8 Å². The van der Waals surface area contributed by atoms with Crippen LogP contribution in [0.1, 0.15) is 12.0 Å². The lowest BCUT2D eigenvalue weighted by atomic mass is 10.1. The van der Waals surface area contributed by atoms with Crippen LogP contribution < -0.4 is 14.8 Å². The molecule has 0 fully saturated rings. The van der Waals surface area contributed by atoms with Crippen molar-refractivity contribution in [2.24, 2.45) is 0 Å². The zero-order chi connectivity index (χ0) is 13.5. The van der Waals surface area contributed by atoms with Crippen molar-refractivity contribution >= 4 is 0 Å². The minimum atomic E-state index is -0.250. The molecule has 2 rings (SSSR count). The normalized spacial score (nSPS) is 14.5. The summed E-state index contributed by atoms with van der Waals surface area (Å²) in [5.74, 6) is 1.61. The minimum Gasteiger partial charge on any atom is -0.490 e. The third-order valence-corrected chi connectivity index (χ3v) is 3.10. The summed E-state index contributed by atoms with van der Waals surface area (Å²) in [7, 11) is 0. The van der Waals surface area contributed by atoms with Gasteiger partial charge in [0.05, 0.1) is 32.5 Å². The lowest BCUT2D eigenvalue weighted by Gasteiger charge is -2.13. The molecule has 3 N–H and O–H groups in total. The Labute approximate surface area is 113 Å². The molecule has 0 aliphatic carbocycles. The molecule has 0 saturated heterocycles. The van der Waals surface area contributed by atoms with E-state index in [1.54, 1.807) is 0 Å². The van der Waals surface area contributed by atoms with Crippen LogP contribution in [0.5, 0.6) is 11.5 Å². The van der Waals surface area contributed by atoms with Crippen molar-refractivity contribution in [3.05, 3.63) is 23.8 Å². The Morgan fingerprint density at radius 1 is 1.11 bits per heavy atom. The van der Waals surface area contributed by atoms with Crippen LogP contribution in [-0.2, 0) is 6.42 Å². The predicted molar refractivity (Wildman–Crippen MR) is 71.7 cm³/mol. The van der Waals surface area contributed by atoms with Gasteiger partial charge in [-0.05, 0) is 30.7 Å². The average Bonchev–Trinajstić information content (AvgIpc) is 2.68. The van der Waals surface area contributed by atoms with E-state index in [-0.39, 0.29) is 19.3 Å². The van der Waals surface area contributed by atoms with Crippen LogP contribution in [-0.4, -0.2) is 49.2 Å². The fourth-order valence-electron chi connectivity index (χ4n) is 1.97. The summed E-state index contributed by atoms with van der Waals surface area (Å²) in [5, 5.41) is 21.0. The lowest BCUT2D eigenvalue weighted by molar-refractivity contribution is 0.171. The fraction of sp³-hybridized carbons (Fsp3) is 0.571. The van der Waals surface area contributed by atoms with Crippen LogP contribution in [0, 0.1) is 0 Å². The maximum absolute atomic E-state index is 8.95. The maximum atomic E-state index is 8.95. The first kappa shape index (κ1) is 14.1. The standard InChI is InChI=1S/C14H21NO4/c16-9-12(10-17)15-5-4-11-2-3-13-14(8-11)19-7-1-6-18-13/h2-3,8,12,15-17H,1,4-7,9-10H2. The zero-order valence-corrected chi connectivity index (χ0v) is 11.0. The number of aliphatic hydroxyl groups excluding tert-OH is 2. The summed E-state index contributed by atoms with van der Waals surface area (Å²) in [6.45, 7) is 1.97. The molecular formula is C14H21NO4. The Bertz CT molecular complexity index is 393. The quantitative estimate of drug-likeness (QED) is 0.693. The Balaban J connectivity index is 1.89. The lowest BCUT2D eigenvalue weighted by Crippen LogP contribution is -2.36. The molecular weight excluding hydrogens is 246 g/mol. The SMILES string of the molecule is OCC(CO)NCCc1ccc2c(c1)OCCCO2. The smallest absolute Gasteiger partial charge is 0.161 e. The van der Waals surface area contributed by atoms with Gasteiger partial charge in [0.1, 0.15) is 0 Å². The predicted octanol–water partition coefficient (Wildman–Crippen LogP) is 0.333. The largest absolute Gasteiger partial charge is 0.490 e. The van der Waals surface area contributed by atoms with Crippen LogP contribution in [0.3, 0.4) is 0 Å². The molecule has 19 heavy (non-hydrogen) atoms. The molecule has 0 aromatic heterocycles. The van der Waals surface area contributed by atoms with E-state index in [9.17, 15) is 0 Å². The first-order valence-electron chi connectivity index (χ1n) is 6.67. The zero-order valence-electron chi connectivity index (χ0n) is 11.0. The number of nitrogens with one attached hydrogen (secondary N) is 1. The molecule has 1 heterocycles. The van der Waals surface area contributed by atoms with E-state index in [1.165, 1.54) is 0 Å². The fourth-order valence-corrected chi connectivity index (χ4v) is 1.97. The molecule has 0 radical (unpaired) electrons. The number of fused-ring (bicyclic) bond motifs is 1. The second kappa shape index (κ2) is 7.33. The van der Waals surface area contributed by atoms with Gasteiger partial charge in [-0.15, -0.1) is 0 Å². The highest BCUT2D eigenvalue weighted by Gasteiger charge is 2.11. The topological polar surface area (TPSA) is 71.0 Å². The summed E-state index contributed by atoms with van der Waals surface area (Å²) in [6.07, 6.45) is 1.72. The molecule has 5 nitrogen and oxygen atoms in total. The minimum absolute atomic E-state index is 0.0579. The number of ether oxygens (including phenoxy) is 2. The summed E-state index contributed by atoms with van der Waals surface area (Å²) in [6, 6.07) is 5.70. The van der Waals surface area contributed by atoms with E-state index in [0.717, 1.165) is 29.9 Å². The Morgan fingerprint density at radius 3 is 2.58 bits per heavy atom. The monoisotopic (exact) mass is 267 g/mol. The highest BCUT2D eigenvalue weighted by Crippen LogP contribution is 2.30. The van der Waals surface area contributed by atoms with Crippen LogP contribution in [0.2, 0.25) is 0 Å². The molecule has 0 spiro atoms. The van der Waals surface area contributed by atoms with E-state index >= 15 is 0 Å². The van der Waals surface area contributed by atoms with Gasteiger partial charge < -0.3 is 25.0 Å². The number of benzene rings is 1. The molecule has 1 aromatic carbocycles. The van der Waals surface area contributed by atoms with Crippen LogP contribution in [0.25, 0.3) is 0 Å². The molecule has 0 atom stereocenters. The number of hydrogen-bond acceptors (Lipinski definition) is 5. The van der Waals surface area contributed by atoms with Crippen molar-refractivity contribution in [2.45, 2.75) is 18.9 Å². The van der Waals surface area contributed by atoms with Crippen molar-refractivity contribution < 1.29 is 19.7 Å². The highest BCUT2D eigenvalue weighted by molar-refractivity contribution is 5.43. The van der Waals surface area contributed by atoms with Gasteiger partial charge in [0.15, 0.2) is 11.5 Å². The van der Waals surface area contributed by atoms with Gasteiger partial charge in [0, 0.05) is 6.42 Å². The Hall–Kier alpha value is -1.30. The molecule has 0 unspecified atom stereocenters. The van der Waals surface area contributed by atoms with Gasteiger partial charge in [0.2, 0.25) is 0 Å². The van der Waals surface area contributed by atoms with Gasteiger partial charge in [-0.3, -0.25) is 0 Å². The summed E-state index contributed by atoms with van der Waals surface area (Å²) >= 11 is 0. The van der Waals surface area contributed by atoms with Gasteiger partial charge in [-0.25, -0.2) is 0 Å². The van der Waals surface area contributed by atoms with Crippen LogP contribution >= 0.6 is 0 Å². The van der Waals surface area contributed by atoms with Crippen molar-refractivity contribution in [3.63, 3.8) is 0 Å². The van der Waals surface area contributed by atoms with Gasteiger partial charge in [0.25, 0.3) is 0 Å². The van der Waals surface area contributed by atoms with E-state index in [4.69, 9.17) is 19.7 Å².